The molecule has 2 aromatic carbocycles. The number of hydrogen-bond acceptors (Lipinski definition) is 6. The lowest BCUT2D eigenvalue weighted by Crippen LogP contribution is -2.03. The number of aromatic nitrogens is 6. The predicted octanol–water partition coefficient (Wildman–Crippen LogP) is 4.94. The number of hydrogen-bond donors (Lipinski definition) is 1. The van der Waals surface area contributed by atoms with Crippen molar-refractivity contribution in [1.29, 1.82) is 0 Å². The largest absolute Gasteiger partial charge is 0.293 e. The Morgan fingerprint density at radius 2 is 1.65 bits per heavy atom. The van der Waals surface area contributed by atoms with Gasteiger partial charge in [-0.3, -0.25) is 5.32 Å². The maximum Gasteiger partial charge on any atom is 0.230 e. The van der Waals surface area contributed by atoms with Gasteiger partial charge in [0.25, 0.3) is 0 Å². The average molecular weight is 407 g/mol. The molecule has 1 N–H and O–H groups in total. The fourth-order valence-electron chi connectivity index (χ4n) is 3.54. The van der Waals surface area contributed by atoms with Crippen LogP contribution in [-0.2, 0) is 0 Å². The first kappa shape index (κ1) is 18.9. The van der Waals surface area contributed by atoms with Gasteiger partial charge < -0.3 is 0 Å². The zero-order valence-corrected chi connectivity index (χ0v) is 17.5. The third kappa shape index (κ3) is 3.73. The first-order valence-corrected chi connectivity index (χ1v) is 10.0. The van der Waals surface area contributed by atoms with Gasteiger partial charge in [0, 0.05) is 23.3 Å². The number of anilines is 2. The van der Waals surface area contributed by atoms with Crippen molar-refractivity contribution in [3.05, 3.63) is 83.9 Å². The van der Waals surface area contributed by atoms with Crippen LogP contribution in [0.1, 0.15) is 17.0 Å². The SMILES string of the molecule is Cc1ccc2nc(Nc3nccc(-c4cn(-c5ccccc5)nc4C)n3)nc(C)c2c1. The highest BCUT2D eigenvalue weighted by Crippen LogP contribution is 2.24. The molecule has 0 aliphatic carbocycles. The van der Waals surface area contributed by atoms with Gasteiger partial charge in [-0.05, 0) is 51.1 Å². The van der Waals surface area contributed by atoms with Crippen LogP contribution in [0, 0.1) is 20.8 Å². The van der Waals surface area contributed by atoms with Gasteiger partial charge in [0.2, 0.25) is 11.9 Å². The topological polar surface area (TPSA) is 81.4 Å². The Balaban J connectivity index is 1.47. The number of aryl methyl sites for hydroxylation is 3. The van der Waals surface area contributed by atoms with E-state index in [0.29, 0.717) is 11.9 Å². The predicted molar refractivity (Wildman–Crippen MR) is 122 cm³/mol. The summed E-state index contributed by atoms with van der Waals surface area (Å²) in [6, 6.07) is 18.0. The second kappa shape index (κ2) is 7.60. The molecule has 0 spiro atoms. The van der Waals surface area contributed by atoms with Crippen molar-refractivity contribution in [2.75, 3.05) is 5.32 Å². The summed E-state index contributed by atoms with van der Waals surface area (Å²) in [5.74, 6) is 0.915. The van der Waals surface area contributed by atoms with E-state index in [-0.39, 0.29) is 0 Å². The van der Waals surface area contributed by atoms with E-state index >= 15 is 0 Å². The van der Waals surface area contributed by atoms with Gasteiger partial charge in [0.15, 0.2) is 0 Å². The standard InChI is InChI=1S/C24H21N7/c1-15-9-10-21-19(13-15)16(2)26-24(28-21)29-23-25-12-11-22(27-23)20-14-31(30-17(20)3)18-7-5-4-6-8-18/h4-14H,1-3H3,(H,25,26,27,28,29). The van der Waals surface area contributed by atoms with Crippen LogP contribution >= 0.6 is 0 Å². The normalized spacial score (nSPS) is 11.1. The molecular weight excluding hydrogens is 386 g/mol. The third-order valence-corrected chi connectivity index (χ3v) is 5.12. The minimum absolute atomic E-state index is 0.440. The Bertz CT molecular complexity index is 1390. The van der Waals surface area contributed by atoms with Crippen LogP contribution in [0.4, 0.5) is 11.9 Å². The maximum atomic E-state index is 4.67. The molecule has 0 saturated heterocycles. The van der Waals surface area contributed by atoms with Gasteiger partial charge >= 0.3 is 0 Å². The molecule has 0 atom stereocenters. The van der Waals surface area contributed by atoms with E-state index in [2.05, 4.69) is 43.3 Å². The van der Waals surface area contributed by atoms with Crippen LogP contribution in [0.2, 0.25) is 0 Å². The molecule has 0 aliphatic heterocycles. The molecule has 5 rings (SSSR count). The molecule has 7 heteroatoms. The molecule has 5 aromatic rings. The van der Waals surface area contributed by atoms with Crippen molar-refractivity contribution in [2.45, 2.75) is 20.8 Å². The number of para-hydroxylation sites is 1. The van der Waals surface area contributed by atoms with Gasteiger partial charge in [0.05, 0.1) is 28.3 Å². The lowest BCUT2D eigenvalue weighted by atomic mass is 10.1. The second-order valence-electron chi connectivity index (χ2n) is 7.45. The first-order chi connectivity index (χ1) is 15.1. The fraction of sp³-hybridized carbons (Fsp3) is 0.125. The minimum Gasteiger partial charge on any atom is -0.293 e. The Hall–Kier alpha value is -4.13. The maximum absolute atomic E-state index is 4.67. The molecule has 0 radical (unpaired) electrons. The van der Waals surface area contributed by atoms with Gasteiger partial charge in [-0.25, -0.2) is 24.6 Å². The smallest absolute Gasteiger partial charge is 0.230 e. The van der Waals surface area contributed by atoms with Crippen molar-refractivity contribution >= 4 is 22.8 Å². The van der Waals surface area contributed by atoms with Crippen molar-refractivity contribution in [1.82, 2.24) is 29.7 Å². The molecule has 7 nitrogen and oxygen atoms in total. The van der Waals surface area contributed by atoms with Crippen LogP contribution in [0.5, 0.6) is 0 Å². The molecule has 0 unspecified atom stereocenters. The monoisotopic (exact) mass is 407 g/mol. The fourth-order valence-corrected chi connectivity index (χ4v) is 3.54. The zero-order chi connectivity index (χ0) is 21.4. The Kier molecular flexibility index (Phi) is 4.63. The summed E-state index contributed by atoms with van der Waals surface area (Å²) in [6.45, 7) is 6.02. The average Bonchev–Trinajstić information content (AvgIpc) is 3.17. The highest BCUT2D eigenvalue weighted by molar-refractivity contribution is 5.82. The third-order valence-electron chi connectivity index (χ3n) is 5.12. The van der Waals surface area contributed by atoms with Crippen molar-refractivity contribution < 1.29 is 0 Å². The molecule has 0 amide bonds. The van der Waals surface area contributed by atoms with E-state index in [4.69, 9.17) is 0 Å². The van der Waals surface area contributed by atoms with Crippen LogP contribution in [0.15, 0.2) is 67.0 Å². The Labute approximate surface area is 179 Å². The van der Waals surface area contributed by atoms with E-state index < -0.39 is 0 Å². The minimum atomic E-state index is 0.440. The van der Waals surface area contributed by atoms with Crippen molar-refractivity contribution in [3.63, 3.8) is 0 Å². The summed E-state index contributed by atoms with van der Waals surface area (Å²) < 4.78 is 1.86. The van der Waals surface area contributed by atoms with E-state index in [1.54, 1.807) is 6.20 Å². The van der Waals surface area contributed by atoms with E-state index in [1.807, 2.05) is 73.3 Å². The van der Waals surface area contributed by atoms with E-state index in [9.17, 15) is 0 Å². The van der Waals surface area contributed by atoms with Gasteiger partial charge in [-0.15, -0.1) is 0 Å². The molecule has 31 heavy (non-hydrogen) atoms. The van der Waals surface area contributed by atoms with Gasteiger partial charge in [0.1, 0.15) is 0 Å². The van der Waals surface area contributed by atoms with Gasteiger partial charge in [-0.1, -0.05) is 29.8 Å². The second-order valence-corrected chi connectivity index (χ2v) is 7.45. The summed E-state index contributed by atoms with van der Waals surface area (Å²) in [4.78, 5) is 18.2. The highest BCUT2D eigenvalue weighted by Gasteiger charge is 2.12. The lowest BCUT2D eigenvalue weighted by molar-refractivity contribution is 0.863. The zero-order valence-electron chi connectivity index (χ0n) is 17.5. The molecular formula is C24H21N7. The van der Waals surface area contributed by atoms with Crippen molar-refractivity contribution in [3.8, 4) is 16.9 Å². The number of nitrogens with zero attached hydrogens (tertiary/aromatic N) is 6. The number of benzene rings is 2. The quantitative estimate of drug-likeness (QED) is 0.454. The van der Waals surface area contributed by atoms with E-state index in [1.165, 1.54) is 5.56 Å². The molecule has 0 fully saturated rings. The van der Waals surface area contributed by atoms with Crippen LogP contribution in [0.25, 0.3) is 27.8 Å². The van der Waals surface area contributed by atoms with Gasteiger partial charge in [-0.2, -0.15) is 5.10 Å². The molecule has 3 heterocycles. The summed E-state index contributed by atoms with van der Waals surface area (Å²) in [6.07, 6.45) is 3.71. The number of nitrogens with one attached hydrogen (secondary N) is 1. The van der Waals surface area contributed by atoms with Crippen LogP contribution in [0.3, 0.4) is 0 Å². The lowest BCUT2D eigenvalue weighted by Gasteiger charge is -2.08. The van der Waals surface area contributed by atoms with Crippen molar-refractivity contribution in [2.24, 2.45) is 0 Å². The summed E-state index contributed by atoms with van der Waals surface area (Å²) in [7, 11) is 0. The molecule has 0 aliphatic rings. The summed E-state index contributed by atoms with van der Waals surface area (Å²) >= 11 is 0. The molecule has 3 aromatic heterocycles. The van der Waals surface area contributed by atoms with Crippen LogP contribution < -0.4 is 5.32 Å². The Morgan fingerprint density at radius 1 is 0.806 bits per heavy atom. The van der Waals surface area contributed by atoms with E-state index in [0.717, 1.165) is 39.2 Å². The number of fused-ring (bicyclic) bond motifs is 1. The first-order valence-electron chi connectivity index (χ1n) is 10.0. The summed E-state index contributed by atoms with van der Waals surface area (Å²) in [5.41, 5.74) is 6.60. The number of rotatable bonds is 4. The highest BCUT2D eigenvalue weighted by atomic mass is 15.3. The molecule has 0 bridgehead atoms. The Morgan fingerprint density at radius 3 is 2.48 bits per heavy atom. The molecule has 0 saturated carbocycles. The van der Waals surface area contributed by atoms with Crippen LogP contribution in [-0.4, -0.2) is 29.7 Å². The molecule has 152 valence electrons. The summed E-state index contributed by atoms with van der Waals surface area (Å²) in [5, 5.41) is 8.83.